The van der Waals surface area contributed by atoms with E-state index in [1.54, 1.807) is 7.11 Å². The Labute approximate surface area is 132 Å². The molecule has 0 spiro atoms. The molecule has 1 fully saturated rings. The van der Waals surface area contributed by atoms with Crippen molar-refractivity contribution in [1.29, 1.82) is 0 Å². The van der Waals surface area contributed by atoms with Gasteiger partial charge in [0.2, 0.25) is 0 Å². The summed E-state index contributed by atoms with van der Waals surface area (Å²) in [5.74, 6) is 1.26. The van der Waals surface area contributed by atoms with E-state index in [0.29, 0.717) is 31.2 Å². The molecule has 0 aromatic heterocycles. The first kappa shape index (κ1) is 16.8. The number of benzene rings is 1. The zero-order valence-corrected chi connectivity index (χ0v) is 13.5. The molecule has 1 aromatic carbocycles. The van der Waals surface area contributed by atoms with Gasteiger partial charge in [0.25, 0.3) is 5.91 Å². The van der Waals surface area contributed by atoms with Gasteiger partial charge in [-0.2, -0.15) is 0 Å². The van der Waals surface area contributed by atoms with Crippen LogP contribution in [-0.2, 0) is 4.74 Å². The van der Waals surface area contributed by atoms with Crippen LogP contribution in [0.25, 0.3) is 0 Å². The van der Waals surface area contributed by atoms with E-state index < -0.39 is 0 Å². The fourth-order valence-corrected chi connectivity index (χ4v) is 2.96. The second kappa shape index (κ2) is 8.15. The van der Waals surface area contributed by atoms with Gasteiger partial charge >= 0.3 is 0 Å². The second-order valence-electron chi connectivity index (χ2n) is 5.79. The quantitative estimate of drug-likeness (QED) is 0.815. The molecule has 1 aromatic rings. The Morgan fingerprint density at radius 3 is 2.68 bits per heavy atom. The number of ether oxygens (including phenoxy) is 2. The standard InChI is InChI=1S/C17H26N2O3/c1-13-4-3-9-19(16(13)12-18)17(20)14-5-7-15(8-6-14)22-11-10-21-2/h5-8,13,16H,3-4,9-12,18H2,1-2H3. The highest BCUT2D eigenvalue weighted by molar-refractivity contribution is 5.94. The van der Waals surface area contributed by atoms with Crippen LogP contribution in [0, 0.1) is 5.92 Å². The van der Waals surface area contributed by atoms with Gasteiger partial charge in [-0.05, 0) is 43.0 Å². The Bertz CT molecular complexity index is 475. The number of rotatable bonds is 6. The first-order valence-corrected chi connectivity index (χ1v) is 7.90. The molecule has 0 bridgehead atoms. The molecule has 2 atom stereocenters. The minimum absolute atomic E-state index is 0.0606. The number of likely N-dealkylation sites (tertiary alicyclic amines) is 1. The Hall–Kier alpha value is -1.59. The van der Waals surface area contributed by atoms with Crippen molar-refractivity contribution in [2.45, 2.75) is 25.8 Å². The van der Waals surface area contributed by atoms with Gasteiger partial charge in [0, 0.05) is 31.8 Å². The third kappa shape index (κ3) is 3.99. The van der Waals surface area contributed by atoms with Crippen LogP contribution in [0.5, 0.6) is 5.75 Å². The van der Waals surface area contributed by atoms with E-state index in [1.165, 1.54) is 0 Å². The van der Waals surface area contributed by atoms with Crippen molar-refractivity contribution < 1.29 is 14.3 Å². The molecule has 1 saturated heterocycles. The first-order chi connectivity index (χ1) is 10.7. The van der Waals surface area contributed by atoms with Crippen LogP contribution in [-0.4, -0.2) is 50.3 Å². The number of amides is 1. The molecule has 1 aliphatic heterocycles. The van der Waals surface area contributed by atoms with Crippen molar-refractivity contribution in [3.63, 3.8) is 0 Å². The van der Waals surface area contributed by atoms with Crippen LogP contribution in [0.4, 0.5) is 0 Å². The Kier molecular flexibility index (Phi) is 6.21. The summed E-state index contributed by atoms with van der Waals surface area (Å²) in [6.07, 6.45) is 2.18. The zero-order chi connectivity index (χ0) is 15.9. The lowest BCUT2D eigenvalue weighted by Crippen LogP contribution is -2.51. The van der Waals surface area contributed by atoms with E-state index in [0.717, 1.165) is 25.1 Å². The van der Waals surface area contributed by atoms with E-state index in [1.807, 2.05) is 29.2 Å². The van der Waals surface area contributed by atoms with Crippen molar-refractivity contribution in [2.24, 2.45) is 11.7 Å². The number of carbonyl (C=O) groups is 1. The molecule has 5 heteroatoms. The number of hydrogen-bond acceptors (Lipinski definition) is 4. The molecule has 0 aliphatic carbocycles. The predicted octanol–water partition coefficient (Wildman–Crippen LogP) is 1.91. The summed E-state index contributed by atoms with van der Waals surface area (Å²) in [6, 6.07) is 7.43. The van der Waals surface area contributed by atoms with E-state index in [2.05, 4.69) is 6.92 Å². The molecule has 1 aliphatic rings. The van der Waals surface area contributed by atoms with Crippen LogP contribution >= 0.6 is 0 Å². The maximum atomic E-state index is 12.7. The molecule has 22 heavy (non-hydrogen) atoms. The van der Waals surface area contributed by atoms with Crippen molar-refractivity contribution >= 4 is 5.91 Å². The Balaban J connectivity index is 2.02. The average molecular weight is 306 g/mol. The van der Waals surface area contributed by atoms with E-state index >= 15 is 0 Å². The molecule has 2 rings (SSSR count). The molecule has 1 heterocycles. The second-order valence-corrected chi connectivity index (χ2v) is 5.79. The van der Waals surface area contributed by atoms with Crippen LogP contribution in [0.2, 0.25) is 0 Å². The normalized spacial score (nSPS) is 21.7. The minimum Gasteiger partial charge on any atom is -0.491 e. The number of methoxy groups -OCH3 is 1. The summed E-state index contributed by atoms with van der Waals surface area (Å²) in [5.41, 5.74) is 6.55. The number of piperidine rings is 1. The molecule has 122 valence electrons. The minimum atomic E-state index is 0.0606. The van der Waals surface area contributed by atoms with Crippen LogP contribution in [0.15, 0.2) is 24.3 Å². The van der Waals surface area contributed by atoms with Crippen molar-refractivity contribution in [3.05, 3.63) is 29.8 Å². The summed E-state index contributed by atoms with van der Waals surface area (Å²) < 4.78 is 10.5. The third-order valence-electron chi connectivity index (χ3n) is 4.28. The monoisotopic (exact) mass is 306 g/mol. The van der Waals surface area contributed by atoms with Gasteiger partial charge in [0.05, 0.1) is 6.61 Å². The number of nitrogens with two attached hydrogens (primary N) is 1. The van der Waals surface area contributed by atoms with E-state index in [9.17, 15) is 4.79 Å². The summed E-state index contributed by atoms with van der Waals surface area (Å²) in [7, 11) is 1.64. The Morgan fingerprint density at radius 2 is 2.05 bits per heavy atom. The first-order valence-electron chi connectivity index (χ1n) is 7.90. The van der Waals surface area contributed by atoms with Gasteiger partial charge in [-0.15, -0.1) is 0 Å². The molecular formula is C17H26N2O3. The average Bonchev–Trinajstić information content (AvgIpc) is 2.55. The summed E-state index contributed by atoms with van der Waals surface area (Å²) in [5, 5.41) is 0. The van der Waals surface area contributed by atoms with Crippen LogP contribution in [0.3, 0.4) is 0 Å². The van der Waals surface area contributed by atoms with E-state index in [4.69, 9.17) is 15.2 Å². The highest BCUT2D eigenvalue weighted by atomic mass is 16.5. The van der Waals surface area contributed by atoms with Gasteiger partial charge in [-0.3, -0.25) is 4.79 Å². The number of nitrogens with zero attached hydrogens (tertiary/aromatic N) is 1. The smallest absolute Gasteiger partial charge is 0.254 e. The van der Waals surface area contributed by atoms with E-state index in [-0.39, 0.29) is 11.9 Å². The lowest BCUT2D eigenvalue weighted by Gasteiger charge is -2.39. The fourth-order valence-electron chi connectivity index (χ4n) is 2.96. The Morgan fingerprint density at radius 1 is 1.32 bits per heavy atom. The fraction of sp³-hybridized carbons (Fsp3) is 0.588. The topological polar surface area (TPSA) is 64.8 Å². The van der Waals surface area contributed by atoms with Crippen molar-refractivity contribution in [3.8, 4) is 5.75 Å². The number of carbonyl (C=O) groups excluding carboxylic acids is 1. The predicted molar refractivity (Wildman–Crippen MR) is 86.1 cm³/mol. The van der Waals surface area contributed by atoms with Crippen LogP contribution < -0.4 is 10.5 Å². The van der Waals surface area contributed by atoms with Crippen molar-refractivity contribution in [1.82, 2.24) is 4.90 Å². The highest BCUT2D eigenvalue weighted by Crippen LogP contribution is 2.25. The third-order valence-corrected chi connectivity index (χ3v) is 4.28. The van der Waals surface area contributed by atoms with Crippen molar-refractivity contribution in [2.75, 3.05) is 33.4 Å². The van der Waals surface area contributed by atoms with Crippen LogP contribution in [0.1, 0.15) is 30.1 Å². The summed E-state index contributed by atoms with van der Waals surface area (Å²) in [4.78, 5) is 14.6. The lowest BCUT2D eigenvalue weighted by atomic mass is 9.90. The molecule has 2 unspecified atom stereocenters. The summed E-state index contributed by atoms with van der Waals surface area (Å²) >= 11 is 0. The maximum Gasteiger partial charge on any atom is 0.254 e. The van der Waals surface area contributed by atoms with Gasteiger partial charge in [0.1, 0.15) is 12.4 Å². The lowest BCUT2D eigenvalue weighted by molar-refractivity contribution is 0.0532. The molecular weight excluding hydrogens is 280 g/mol. The van der Waals surface area contributed by atoms with Gasteiger partial charge in [-0.1, -0.05) is 6.92 Å². The van der Waals surface area contributed by atoms with Gasteiger partial charge in [-0.25, -0.2) is 0 Å². The molecule has 0 radical (unpaired) electrons. The summed E-state index contributed by atoms with van der Waals surface area (Å²) in [6.45, 7) is 4.53. The SMILES string of the molecule is COCCOc1ccc(C(=O)N2CCCC(C)C2CN)cc1. The molecule has 0 saturated carbocycles. The van der Waals surface area contributed by atoms with Gasteiger partial charge < -0.3 is 20.1 Å². The molecule has 1 amide bonds. The largest absolute Gasteiger partial charge is 0.491 e. The molecule has 2 N–H and O–H groups in total. The zero-order valence-electron chi connectivity index (χ0n) is 13.5. The maximum absolute atomic E-state index is 12.7. The highest BCUT2D eigenvalue weighted by Gasteiger charge is 2.31. The number of hydrogen-bond donors (Lipinski definition) is 1. The van der Waals surface area contributed by atoms with Gasteiger partial charge in [0.15, 0.2) is 0 Å². The molecule has 5 nitrogen and oxygen atoms in total.